The second-order valence-electron chi connectivity index (χ2n) is 5.89. The molecule has 1 aliphatic carbocycles. The average Bonchev–Trinajstić information content (AvgIpc) is 2.41. The average molecular weight is 301 g/mol. The normalized spacial score (nSPS) is 23.6. The number of carboxylic acid groups (broad SMARTS) is 1. The number of carbonyl (C=O) groups is 2. The van der Waals surface area contributed by atoms with Crippen LogP contribution in [0.5, 0.6) is 0 Å². The molecule has 0 atom stereocenters. The number of rotatable bonds is 6. The molecule has 0 aromatic heterocycles. The molecule has 1 amide bonds. The summed E-state index contributed by atoms with van der Waals surface area (Å²) in [5.41, 5.74) is -0.799. The molecule has 0 bridgehead atoms. The smallest absolute Gasteiger partial charge is 0.310 e. The van der Waals surface area contributed by atoms with E-state index in [4.69, 9.17) is 4.74 Å². The summed E-state index contributed by atoms with van der Waals surface area (Å²) in [5, 5.41) is 12.2. The Balaban J connectivity index is 1.84. The Kier molecular flexibility index (Phi) is 4.96. The summed E-state index contributed by atoms with van der Waals surface area (Å²) in [6.07, 6.45) is 6.18. The number of hydrogen-bond acceptors (Lipinski definition) is 4. The quantitative estimate of drug-likeness (QED) is 0.780. The molecule has 0 aromatic carbocycles. The summed E-state index contributed by atoms with van der Waals surface area (Å²) in [6, 6.07) is 0. The summed E-state index contributed by atoms with van der Waals surface area (Å²) < 4.78 is 5.41. The molecule has 1 saturated heterocycles. The van der Waals surface area contributed by atoms with Crippen molar-refractivity contribution >= 4 is 23.6 Å². The molecule has 0 unspecified atom stereocenters. The van der Waals surface area contributed by atoms with Crippen LogP contribution < -0.4 is 5.32 Å². The van der Waals surface area contributed by atoms with Crippen molar-refractivity contribution in [1.29, 1.82) is 0 Å². The van der Waals surface area contributed by atoms with Crippen molar-refractivity contribution in [2.45, 2.75) is 43.3 Å². The first-order valence-electron chi connectivity index (χ1n) is 7.15. The second-order valence-corrected chi connectivity index (χ2v) is 7.17. The van der Waals surface area contributed by atoms with Crippen molar-refractivity contribution in [1.82, 2.24) is 5.32 Å². The molecule has 0 spiro atoms. The third-order valence-corrected chi connectivity index (χ3v) is 6.13. The molecular weight excluding hydrogens is 278 g/mol. The van der Waals surface area contributed by atoms with Crippen molar-refractivity contribution < 1.29 is 19.4 Å². The highest BCUT2D eigenvalue weighted by atomic mass is 32.2. The molecule has 1 heterocycles. The molecule has 20 heavy (non-hydrogen) atoms. The van der Waals surface area contributed by atoms with E-state index in [1.807, 2.05) is 0 Å². The lowest BCUT2D eigenvalue weighted by Crippen LogP contribution is -2.47. The number of hydrogen-bond donors (Lipinski definition) is 2. The number of ether oxygens (including phenoxy) is 1. The van der Waals surface area contributed by atoms with Gasteiger partial charge in [-0.05, 0) is 31.9 Å². The minimum atomic E-state index is -0.829. The van der Waals surface area contributed by atoms with E-state index in [1.54, 1.807) is 11.8 Å². The Morgan fingerprint density at radius 1 is 1.25 bits per heavy atom. The number of thioether (sulfide) groups is 1. The highest BCUT2D eigenvalue weighted by Crippen LogP contribution is 2.44. The van der Waals surface area contributed by atoms with Gasteiger partial charge in [0.05, 0.1) is 5.41 Å². The second kappa shape index (κ2) is 6.35. The van der Waals surface area contributed by atoms with Crippen LogP contribution in [0.4, 0.5) is 0 Å². The number of aliphatic carboxylic acids is 1. The molecule has 2 fully saturated rings. The van der Waals surface area contributed by atoms with Crippen molar-refractivity contribution in [3.63, 3.8) is 0 Å². The largest absolute Gasteiger partial charge is 0.481 e. The van der Waals surface area contributed by atoms with Crippen molar-refractivity contribution in [2.24, 2.45) is 5.41 Å². The summed E-state index contributed by atoms with van der Waals surface area (Å²) in [5.74, 6) is -0.962. The Bertz CT molecular complexity index is 375. The minimum Gasteiger partial charge on any atom is -0.481 e. The molecule has 1 saturated carbocycles. The van der Waals surface area contributed by atoms with Gasteiger partial charge in [0.2, 0.25) is 5.91 Å². The minimum absolute atomic E-state index is 0.0455. The molecule has 2 rings (SSSR count). The van der Waals surface area contributed by atoms with E-state index in [1.165, 1.54) is 0 Å². The van der Waals surface area contributed by atoms with E-state index in [0.29, 0.717) is 19.4 Å². The van der Waals surface area contributed by atoms with E-state index >= 15 is 0 Å². The van der Waals surface area contributed by atoms with Gasteiger partial charge in [0.25, 0.3) is 0 Å². The van der Waals surface area contributed by atoms with Crippen LogP contribution in [0.25, 0.3) is 0 Å². The molecule has 5 nitrogen and oxygen atoms in total. The zero-order valence-corrected chi connectivity index (χ0v) is 12.8. The van der Waals surface area contributed by atoms with Crippen LogP contribution in [0.15, 0.2) is 0 Å². The zero-order chi connectivity index (χ0) is 14.6. The van der Waals surface area contributed by atoms with Crippen LogP contribution in [0.1, 0.15) is 38.5 Å². The van der Waals surface area contributed by atoms with Crippen LogP contribution in [-0.2, 0) is 14.3 Å². The SMILES string of the molecule is CSC1(CNC(=O)CC2(C(=O)O)CCC2)CCOCC1. The lowest BCUT2D eigenvalue weighted by molar-refractivity contribution is -0.157. The zero-order valence-electron chi connectivity index (χ0n) is 11.9. The Morgan fingerprint density at radius 3 is 2.35 bits per heavy atom. The topological polar surface area (TPSA) is 75.6 Å². The highest BCUT2D eigenvalue weighted by Gasteiger charge is 2.46. The van der Waals surface area contributed by atoms with Gasteiger partial charge in [-0.15, -0.1) is 0 Å². The maximum absolute atomic E-state index is 12.0. The fourth-order valence-electron chi connectivity index (χ4n) is 2.90. The standard InChI is InChI=1S/C14H23NO4S/c1-20-14(5-7-19-8-6-14)10-15-11(16)9-13(12(17)18)3-2-4-13/h2-10H2,1H3,(H,15,16)(H,17,18). The predicted molar refractivity (Wildman–Crippen MR) is 77.8 cm³/mol. The van der Waals surface area contributed by atoms with Gasteiger partial charge in [-0.3, -0.25) is 9.59 Å². The number of amides is 1. The van der Waals surface area contributed by atoms with Gasteiger partial charge in [0, 0.05) is 30.9 Å². The summed E-state index contributed by atoms with van der Waals surface area (Å²) >= 11 is 1.77. The Morgan fingerprint density at radius 2 is 1.90 bits per heavy atom. The molecule has 1 aliphatic heterocycles. The molecule has 2 aliphatic rings. The fraction of sp³-hybridized carbons (Fsp3) is 0.857. The predicted octanol–water partition coefficient (Wildman–Crippen LogP) is 1.66. The summed E-state index contributed by atoms with van der Waals surface area (Å²) in [4.78, 5) is 23.3. The fourth-order valence-corrected chi connectivity index (χ4v) is 3.69. The molecular formula is C14H23NO4S. The molecule has 0 radical (unpaired) electrons. The first-order valence-corrected chi connectivity index (χ1v) is 8.37. The van der Waals surface area contributed by atoms with E-state index < -0.39 is 11.4 Å². The maximum Gasteiger partial charge on any atom is 0.310 e. The van der Waals surface area contributed by atoms with E-state index in [-0.39, 0.29) is 17.1 Å². The van der Waals surface area contributed by atoms with Crippen LogP contribution in [-0.4, -0.2) is 47.7 Å². The lowest BCUT2D eigenvalue weighted by atomic mass is 9.66. The van der Waals surface area contributed by atoms with Gasteiger partial charge in [0.15, 0.2) is 0 Å². The number of carboxylic acids is 1. The van der Waals surface area contributed by atoms with Gasteiger partial charge in [-0.1, -0.05) is 6.42 Å². The van der Waals surface area contributed by atoms with Crippen LogP contribution in [0, 0.1) is 5.41 Å². The first-order chi connectivity index (χ1) is 9.52. The van der Waals surface area contributed by atoms with Crippen molar-refractivity contribution in [3.05, 3.63) is 0 Å². The number of carbonyl (C=O) groups excluding carboxylic acids is 1. The summed E-state index contributed by atoms with van der Waals surface area (Å²) in [7, 11) is 0. The van der Waals surface area contributed by atoms with Crippen LogP contribution in [0.3, 0.4) is 0 Å². The molecule has 6 heteroatoms. The maximum atomic E-state index is 12.0. The van der Waals surface area contributed by atoms with Crippen LogP contribution in [0.2, 0.25) is 0 Å². The molecule has 0 aromatic rings. The van der Waals surface area contributed by atoms with Crippen LogP contribution >= 0.6 is 11.8 Å². The summed E-state index contributed by atoms with van der Waals surface area (Å²) in [6.45, 7) is 2.07. The van der Waals surface area contributed by atoms with Gasteiger partial charge < -0.3 is 15.2 Å². The van der Waals surface area contributed by atoms with Gasteiger partial charge in [0.1, 0.15) is 0 Å². The van der Waals surface area contributed by atoms with E-state index in [0.717, 1.165) is 32.5 Å². The van der Waals surface area contributed by atoms with Gasteiger partial charge >= 0.3 is 5.97 Å². The third kappa shape index (κ3) is 3.28. The number of nitrogens with one attached hydrogen (secondary N) is 1. The Hall–Kier alpha value is -0.750. The van der Waals surface area contributed by atoms with Crippen molar-refractivity contribution in [3.8, 4) is 0 Å². The third-order valence-electron chi connectivity index (χ3n) is 4.71. The van der Waals surface area contributed by atoms with Gasteiger partial charge in [-0.25, -0.2) is 0 Å². The van der Waals surface area contributed by atoms with E-state index in [2.05, 4.69) is 11.6 Å². The Labute approximate surface area is 123 Å². The lowest BCUT2D eigenvalue weighted by Gasteiger charge is -2.38. The first kappa shape index (κ1) is 15.6. The van der Waals surface area contributed by atoms with Crippen molar-refractivity contribution in [2.75, 3.05) is 26.0 Å². The van der Waals surface area contributed by atoms with Gasteiger partial charge in [-0.2, -0.15) is 11.8 Å². The van der Waals surface area contributed by atoms with E-state index in [9.17, 15) is 14.7 Å². The molecule has 2 N–H and O–H groups in total. The monoisotopic (exact) mass is 301 g/mol. The highest BCUT2D eigenvalue weighted by molar-refractivity contribution is 8.00. The molecule has 114 valence electrons.